The minimum Gasteiger partial charge on any atom is -0.294 e. The Kier molecular flexibility index (Phi) is 5.45. The molecule has 4 heteroatoms. The van der Waals surface area contributed by atoms with E-state index in [1.54, 1.807) is 0 Å². The predicted molar refractivity (Wildman–Crippen MR) is 195 cm³/mol. The van der Waals surface area contributed by atoms with Crippen molar-refractivity contribution < 1.29 is 0 Å². The van der Waals surface area contributed by atoms with Gasteiger partial charge in [-0.1, -0.05) is 133 Å². The van der Waals surface area contributed by atoms with E-state index in [1.165, 1.54) is 52.5 Å². The third-order valence-corrected chi connectivity index (χ3v) is 10.4. The molecule has 0 fully saturated rings. The van der Waals surface area contributed by atoms with Crippen LogP contribution in [0.1, 0.15) is 0 Å². The molecule has 0 N–H and O–H groups in total. The van der Waals surface area contributed by atoms with Crippen LogP contribution in [0.2, 0.25) is 0 Å². The molecule has 0 aliphatic carbocycles. The fraction of sp³-hybridized carbons (Fsp3) is 0. The predicted octanol–water partition coefficient (Wildman–Crippen LogP) is 11.6. The van der Waals surface area contributed by atoms with E-state index < -0.39 is 0 Å². The highest BCUT2D eigenvalue weighted by atomic mass is 32.1. The number of thiophene rings is 1. The Labute approximate surface area is 268 Å². The molecule has 3 aromatic heterocycles. The molecule has 0 saturated carbocycles. The van der Waals surface area contributed by atoms with Crippen molar-refractivity contribution in [1.29, 1.82) is 0 Å². The van der Waals surface area contributed by atoms with Crippen molar-refractivity contribution in [2.75, 3.05) is 0 Å². The van der Waals surface area contributed by atoms with Crippen LogP contribution >= 0.6 is 11.3 Å². The molecule has 0 saturated heterocycles. The summed E-state index contributed by atoms with van der Waals surface area (Å²) in [7, 11) is 0. The van der Waals surface area contributed by atoms with Gasteiger partial charge in [0, 0.05) is 53.5 Å². The van der Waals surface area contributed by atoms with Crippen LogP contribution in [0.5, 0.6) is 0 Å². The van der Waals surface area contributed by atoms with Crippen molar-refractivity contribution in [2.24, 2.45) is 0 Å². The van der Waals surface area contributed by atoms with Gasteiger partial charge in [0.05, 0.1) is 16.7 Å². The molecule has 0 aliphatic rings. The molecule has 214 valence electrons. The summed E-state index contributed by atoms with van der Waals surface area (Å²) in [6.45, 7) is 0. The molecule has 0 radical (unpaired) electrons. The molecule has 10 aromatic rings. The second kappa shape index (κ2) is 9.83. The van der Waals surface area contributed by atoms with Gasteiger partial charge >= 0.3 is 0 Å². The van der Waals surface area contributed by atoms with E-state index in [2.05, 4.69) is 132 Å². The number of hydrogen-bond acceptors (Lipinski definition) is 3. The lowest BCUT2D eigenvalue weighted by Gasteiger charge is -2.12. The summed E-state index contributed by atoms with van der Waals surface area (Å²) in [5.74, 6) is 1.57. The third kappa shape index (κ3) is 3.65. The maximum absolute atomic E-state index is 5.23. The number of para-hydroxylation sites is 1. The zero-order valence-electron chi connectivity index (χ0n) is 24.7. The Bertz CT molecular complexity index is 2740. The van der Waals surface area contributed by atoms with Crippen molar-refractivity contribution in [2.45, 2.75) is 0 Å². The third-order valence-electron chi connectivity index (χ3n) is 9.19. The SMILES string of the molecule is c1ccc(-c2cc(-n3c4ccccc4c4c5sc6c7ccccc7c7ccccc7c6c5ccc43)nc(-c3ccccc3)n2)cc1. The first-order valence-electron chi connectivity index (χ1n) is 15.5. The van der Waals surface area contributed by atoms with Crippen LogP contribution in [0.25, 0.3) is 92.0 Å². The fourth-order valence-electron chi connectivity index (χ4n) is 7.18. The molecule has 7 aromatic carbocycles. The van der Waals surface area contributed by atoms with Crippen LogP contribution in [-0.4, -0.2) is 14.5 Å². The molecular formula is C42H25N3S. The molecule has 10 rings (SSSR count). The van der Waals surface area contributed by atoms with Crippen LogP contribution in [0.15, 0.2) is 152 Å². The van der Waals surface area contributed by atoms with Crippen molar-refractivity contribution in [3.63, 3.8) is 0 Å². The van der Waals surface area contributed by atoms with Gasteiger partial charge in [0.25, 0.3) is 0 Å². The molecule has 0 spiro atoms. The number of fused-ring (bicyclic) bond motifs is 12. The van der Waals surface area contributed by atoms with Crippen molar-refractivity contribution in [3.05, 3.63) is 152 Å². The summed E-state index contributed by atoms with van der Waals surface area (Å²) in [6.07, 6.45) is 0. The zero-order chi connectivity index (χ0) is 30.2. The van der Waals surface area contributed by atoms with Gasteiger partial charge in [-0.2, -0.15) is 0 Å². The van der Waals surface area contributed by atoms with E-state index in [-0.39, 0.29) is 0 Å². The van der Waals surface area contributed by atoms with Gasteiger partial charge in [0.15, 0.2) is 5.82 Å². The zero-order valence-corrected chi connectivity index (χ0v) is 25.5. The first-order chi connectivity index (χ1) is 22.8. The Balaban J connectivity index is 1.34. The lowest BCUT2D eigenvalue weighted by Crippen LogP contribution is -2.02. The highest BCUT2D eigenvalue weighted by Gasteiger charge is 2.21. The van der Waals surface area contributed by atoms with Crippen molar-refractivity contribution >= 4 is 74.9 Å². The Hall–Kier alpha value is -5.84. The lowest BCUT2D eigenvalue weighted by atomic mass is 9.97. The molecule has 46 heavy (non-hydrogen) atoms. The molecule has 3 heterocycles. The smallest absolute Gasteiger partial charge is 0.162 e. The number of benzene rings is 7. The normalized spacial score (nSPS) is 11.9. The fourth-order valence-corrected chi connectivity index (χ4v) is 8.60. The van der Waals surface area contributed by atoms with E-state index in [1.807, 2.05) is 35.6 Å². The van der Waals surface area contributed by atoms with E-state index in [0.717, 1.165) is 33.7 Å². The maximum atomic E-state index is 5.23. The van der Waals surface area contributed by atoms with Crippen LogP contribution in [-0.2, 0) is 0 Å². The second-order valence-electron chi connectivity index (χ2n) is 11.8. The molecule has 0 amide bonds. The van der Waals surface area contributed by atoms with Gasteiger partial charge in [-0.15, -0.1) is 11.3 Å². The van der Waals surface area contributed by atoms with Gasteiger partial charge in [0.1, 0.15) is 5.82 Å². The van der Waals surface area contributed by atoms with Crippen LogP contribution in [0.4, 0.5) is 0 Å². The number of aromatic nitrogens is 3. The van der Waals surface area contributed by atoms with Crippen molar-refractivity contribution in [1.82, 2.24) is 14.5 Å². The van der Waals surface area contributed by atoms with Crippen LogP contribution in [0.3, 0.4) is 0 Å². The summed E-state index contributed by atoms with van der Waals surface area (Å²) in [4.78, 5) is 10.3. The summed E-state index contributed by atoms with van der Waals surface area (Å²) in [5, 5.41) is 10.4. The molecule has 0 atom stereocenters. The van der Waals surface area contributed by atoms with Gasteiger partial charge in [0.2, 0.25) is 0 Å². The molecule has 3 nitrogen and oxygen atoms in total. The molecule has 0 unspecified atom stereocenters. The average molecular weight is 604 g/mol. The Morgan fingerprint density at radius 1 is 0.413 bits per heavy atom. The van der Waals surface area contributed by atoms with Crippen LogP contribution < -0.4 is 0 Å². The maximum Gasteiger partial charge on any atom is 0.162 e. The van der Waals surface area contributed by atoms with Gasteiger partial charge in [-0.05, 0) is 28.3 Å². The standard InChI is InChI=1S/C42H25N3S/c1-3-13-26(14-4-1)34-25-37(44-42(43-34)27-15-5-2-6-16-27)45-35-22-12-11-21-32(35)39-36(45)24-23-33-38-30-19-9-7-17-28(30)29-18-8-10-20-31(29)40(38)46-41(33)39/h1-25H. The summed E-state index contributed by atoms with van der Waals surface area (Å²) in [6, 6.07) is 53.8. The first-order valence-corrected chi connectivity index (χ1v) is 16.3. The number of nitrogens with zero attached hydrogens (tertiary/aromatic N) is 3. The second-order valence-corrected chi connectivity index (χ2v) is 12.8. The van der Waals surface area contributed by atoms with E-state index in [9.17, 15) is 0 Å². The Morgan fingerprint density at radius 3 is 1.76 bits per heavy atom. The molecule has 0 bridgehead atoms. The quantitative estimate of drug-likeness (QED) is 0.188. The Morgan fingerprint density at radius 2 is 1.00 bits per heavy atom. The molecular weight excluding hydrogens is 579 g/mol. The largest absolute Gasteiger partial charge is 0.294 e. The summed E-state index contributed by atoms with van der Waals surface area (Å²) >= 11 is 1.91. The van der Waals surface area contributed by atoms with E-state index in [0.29, 0.717) is 5.82 Å². The van der Waals surface area contributed by atoms with Gasteiger partial charge in [-0.25, -0.2) is 9.97 Å². The van der Waals surface area contributed by atoms with Gasteiger partial charge < -0.3 is 0 Å². The summed E-state index contributed by atoms with van der Waals surface area (Å²) < 4.78 is 4.98. The van der Waals surface area contributed by atoms with Crippen molar-refractivity contribution in [3.8, 4) is 28.5 Å². The highest BCUT2D eigenvalue weighted by molar-refractivity contribution is 7.28. The first kappa shape index (κ1) is 25.5. The van der Waals surface area contributed by atoms with E-state index in [4.69, 9.17) is 9.97 Å². The minimum atomic E-state index is 0.712. The number of hydrogen-bond donors (Lipinski definition) is 0. The van der Waals surface area contributed by atoms with E-state index >= 15 is 0 Å². The average Bonchev–Trinajstić information content (AvgIpc) is 3.69. The number of rotatable bonds is 3. The minimum absolute atomic E-state index is 0.712. The topological polar surface area (TPSA) is 30.7 Å². The summed E-state index contributed by atoms with van der Waals surface area (Å²) in [5.41, 5.74) is 5.23. The lowest BCUT2D eigenvalue weighted by molar-refractivity contribution is 1.05. The van der Waals surface area contributed by atoms with Gasteiger partial charge in [-0.3, -0.25) is 4.57 Å². The monoisotopic (exact) mass is 603 g/mol. The van der Waals surface area contributed by atoms with Crippen LogP contribution in [0, 0.1) is 0 Å². The molecule has 0 aliphatic heterocycles. The highest BCUT2D eigenvalue weighted by Crippen LogP contribution is 2.48.